The Labute approximate surface area is 117 Å². The zero-order valence-electron chi connectivity index (χ0n) is 11.7. The molecular weight excluding hydrogens is 256 g/mol. The molecule has 0 spiro atoms. The molecule has 0 radical (unpaired) electrons. The molecule has 6 heteroatoms. The lowest BCUT2D eigenvalue weighted by molar-refractivity contribution is -0.0589. The van der Waals surface area contributed by atoms with Crippen molar-refractivity contribution in [3.8, 4) is 11.4 Å². The van der Waals surface area contributed by atoms with Crippen molar-refractivity contribution < 1.29 is 9.26 Å². The van der Waals surface area contributed by atoms with E-state index < -0.39 is 0 Å². The number of hydrogen-bond acceptors (Lipinski definition) is 6. The smallest absolute Gasteiger partial charge is 0.241 e. The van der Waals surface area contributed by atoms with Crippen LogP contribution in [0.15, 0.2) is 29.0 Å². The molecule has 1 aliphatic rings. The van der Waals surface area contributed by atoms with E-state index in [2.05, 4.69) is 33.9 Å². The first kappa shape index (κ1) is 13.2. The largest absolute Gasteiger partial charge is 0.378 e. The van der Waals surface area contributed by atoms with Gasteiger partial charge in [0, 0.05) is 30.0 Å². The van der Waals surface area contributed by atoms with Gasteiger partial charge in [-0.3, -0.25) is 9.88 Å². The maximum Gasteiger partial charge on any atom is 0.241 e. The maximum absolute atomic E-state index is 5.51. The van der Waals surface area contributed by atoms with Crippen LogP contribution in [0.1, 0.15) is 19.7 Å². The summed E-state index contributed by atoms with van der Waals surface area (Å²) in [4.78, 5) is 10.8. The van der Waals surface area contributed by atoms with E-state index in [1.807, 2.05) is 12.1 Å². The van der Waals surface area contributed by atoms with Gasteiger partial charge < -0.3 is 9.26 Å². The van der Waals surface area contributed by atoms with Gasteiger partial charge >= 0.3 is 0 Å². The van der Waals surface area contributed by atoms with E-state index in [9.17, 15) is 0 Å². The fourth-order valence-corrected chi connectivity index (χ4v) is 2.28. The van der Waals surface area contributed by atoms with E-state index in [4.69, 9.17) is 9.26 Å². The summed E-state index contributed by atoms with van der Waals surface area (Å²) in [7, 11) is 0. The normalized spacial score (nSPS) is 19.1. The zero-order chi connectivity index (χ0) is 14.0. The minimum absolute atomic E-state index is 0.0127. The van der Waals surface area contributed by atoms with Gasteiger partial charge in [-0.15, -0.1) is 0 Å². The molecule has 20 heavy (non-hydrogen) atoms. The molecule has 3 rings (SSSR count). The summed E-state index contributed by atoms with van der Waals surface area (Å²) in [6.07, 6.45) is 3.45. The highest BCUT2D eigenvalue weighted by molar-refractivity contribution is 5.51. The zero-order valence-corrected chi connectivity index (χ0v) is 11.7. The van der Waals surface area contributed by atoms with Crippen LogP contribution in [0.5, 0.6) is 0 Å². The Kier molecular flexibility index (Phi) is 3.50. The van der Waals surface area contributed by atoms with Gasteiger partial charge in [0.25, 0.3) is 0 Å². The summed E-state index contributed by atoms with van der Waals surface area (Å²) in [5.74, 6) is 1.21. The van der Waals surface area contributed by atoms with Crippen LogP contribution in [0, 0.1) is 0 Å². The SMILES string of the molecule is CC1(C)COCCN1Cc1nc(-c2cccnc2)no1. The highest BCUT2D eigenvalue weighted by atomic mass is 16.5. The van der Waals surface area contributed by atoms with Gasteiger partial charge in [-0.25, -0.2) is 0 Å². The van der Waals surface area contributed by atoms with Crippen molar-refractivity contribution in [1.29, 1.82) is 0 Å². The Bertz CT molecular complexity index is 568. The van der Waals surface area contributed by atoms with Crippen LogP contribution in [0.2, 0.25) is 0 Å². The second kappa shape index (κ2) is 5.30. The highest BCUT2D eigenvalue weighted by Crippen LogP contribution is 2.22. The minimum atomic E-state index is -0.0127. The van der Waals surface area contributed by atoms with E-state index >= 15 is 0 Å². The molecule has 2 aromatic heterocycles. The molecule has 0 N–H and O–H groups in total. The predicted molar refractivity (Wildman–Crippen MR) is 72.8 cm³/mol. The molecule has 106 valence electrons. The van der Waals surface area contributed by atoms with Gasteiger partial charge in [0.05, 0.1) is 19.8 Å². The molecule has 0 bridgehead atoms. The van der Waals surface area contributed by atoms with Gasteiger partial charge in [-0.05, 0) is 26.0 Å². The molecule has 2 aromatic rings. The average Bonchev–Trinajstić information content (AvgIpc) is 2.91. The summed E-state index contributed by atoms with van der Waals surface area (Å²) in [5.41, 5.74) is 0.852. The molecule has 1 aliphatic heterocycles. The molecule has 3 heterocycles. The van der Waals surface area contributed by atoms with E-state index in [0.29, 0.717) is 18.3 Å². The van der Waals surface area contributed by atoms with Gasteiger partial charge in [-0.2, -0.15) is 4.98 Å². The van der Waals surface area contributed by atoms with Gasteiger partial charge in [-0.1, -0.05) is 5.16 Å². The quantitative estimate of drug-likeness (QED) is 0.849. The summed E-state index contributed by atoms with van der Waals surface area (Å²) in [5, 5.41) is 4.02. The van der Waals surface area contributed by atoms with Crippen LogP contribution in [-0.2, 0) is 11.3 Å². The third kappa shape index (κ3) is 2.71. The number of pyridine rings is 1. The first-order chi connectivity index (χ1) is 9.65. The summed E-state index contributed by atoms with van der Waals surface area (Å²) in [6.45, 7) is 7.29. The van der Waals surface area contributed by atoms with Crippen LogP contribution < -0.4 is 0 Å². The summed E-state index contributed by atoms with van der Waals surface area (Å²) < 4.78 is 10.9. The monoisotopic (exact) mass is 274 g/mol. The molecule has 0 aromatic carbocycles. The number of aromatic nitrogens is 3. The van der Waals surface area contributed by atoms with Crippen LogP contribution in [0.3, 0.4) is 0 Å². The van der Waals surface area contributed by atoms with E-state index in [0.717, 1.165) is 25.3 Å². The molecule has 0 amide bonds. The Morgan fingerprint density at radius 1 is 1.40 bits per heavy atom. The van der Waals surface area contributed by atoms with Crippen LogP contribution in [0.4, 0.5) is 0 Å². The number of ether oxygens (including phenoxy) is 1. The second-order valence-corrected chi connectivity index (χ2v) is 5.54. The average molecular weight is 274 g/mol. The summed E-state index contributed by atoms with van der Waals surface area (Å²) in [6, 6.07) is 3.77. The number of morpholine rings is 1. The fourth-order valence-electron chi connectivity index (χ4n) is 2.28. The Morgan fingerprint density at radius 3 is 3.05 bits per heavy atom. The minimum Gasteiger partial charge on any atom is -0.378 e. The molecule has 0 atom stereocenters. The van der Waals surface area contributed by atoms with Gasteiger partial charge in [0.15, 0.2) is 0 Å². The predicted octanol–water partition coefficient (Wildman–Crippen LogP) is 1.74. The molecule has 1 saturated heterocycles. The maximum atomic E-state index is 5.51. The van der Waals surface area contributed by atoms with Crippen molar-refractivity contribution in [1.82, 2.24) is 20.0 Å². The molecule has 6 nitrogen and oxygen atoms in total. The third-order valence-electron chi connectivity index (χ3n) is 3.53. The van der Waals surface area contributed by atoms with Crippen molar-refractivity contribution >= 4 is 0 Å². The first-order valence-corrected chi connectivity index (χ1v) is 6.71. The molecule has 1 fully saturated rings. The number of hydrogen-bond donors (Lipinski definition) is 0. The first-order valence-electron chi connectivity index (χ1n) is 6.71. The van der Waals surface area contributed by atoms with Gasteiger partial charge in [0.2, 0.25) is 11.7 Å². The molecule has 0 aliphatic carbocycles. The lowest BCUT2D eigenvalue weighted by atomic mass is 10.0. The van der Waals surface area contributed by atoms with Crippen molar-refractivity contribution in [2.75, 3.05) is 19.8 Å². The number of nitrogens with zero attached hydrogens (tertiary/aromatic N) is 4. The topological polar surface area (TPSA) is 64.3 Å². The van der Waals surface area contributed by atoms with Crippen molar-refractivity contribution in [2.45, 2.75) is 25.9 Å². The molecule has 0 unspecified atom stereocenters. The van der Waals surface area contributed by atoms with Crippen molar-refractivity contribution in [3.63, 3.8) is 0 Å². The van der Waals surface area contributed by atoms with Crippen LogP contribution >= 0.6 is 0 Å². The Balaban J connectivity index is 1.74. The second-order valence-electron chi connectivity index (χ2n) is 5.54. The number of rotatable bonds is 3. The van der Waals surface area contributed by atoms with E-state index in [1.165, 1.54) is 0 Å². The lowest BCUT2D eigenvalue weighted by Crippen LogP contribution is -2.52. The standard InChI is InChI=1S/C14H18N4O2/c1-14(2)10-19-7-6-18(14)9-12-16-13(17-20-12)11-4-3-5-15-8-11/h3-5,8H,6-7,9-10H2,1-2H3. The molecule has 0 saturated carbocycles. The highest BCUT2D eigenvalue weighted by Gasteiger charge is 2.31. The van der Waals surface area contributed by atoms with Crippen molar-refractivity contribution in [2.24, 2.45) is 0 Å². The van der Waals surface area contributed by atoms with Crippen molar-refractivity contribution in [3.05, 3.63) is 30.4 Å². The molecular formula is C14H18N4O2. The van der Waals surface area contributed by atoms with Crippen LogP contribution in [0.25, 0.3) is 11.4 Å². The van der Waals surface area contributed by atoms with Crippen LogP contribution in [-0.4, -0.2) is 45.3 Å². The lowest BCUT2D eigenvalue weighted by Gasteiger charge is -2.41. The van der Waals surface area contributed by atoms with E-state index in [1.54, 1.807) is 12.4 Å². The third-order valence-corrected chi connectivity index (χ3v) is 3.53. The van der Waals surface area contributed by atoms with Gasteiger partial charge in [0.1, 0.15) is 0 Å². The van der Waals surface area contributed by atoms with E-state index in [-0.39, 0.29) is 5.54 Å². The Morgan fingerprint density at radius 2 is 2.30 bits per heavy atom. The Hall–Kier alpha value is -1.79. The summed E-state index contributed by atoms with van der Waals surface area (Å²) >= 11 is 0. The fraction of sp³-hybridized carbons (Fsp3) is 0.500.